The average molecular weight is 441 g/mol. The summed E-state index contributed by atoms with van der Waals surface area (Å²) in [6.45, 7) is 1.10. The number of aromatic nitrogens is 3. The fourth-order valence-electron chi connectivity index (χ4n) is 4.22. The van der Waals surface area contributed by atoms with Crippen LogP contribution in [0.5, 0.6) is 0 Å². The Labute approximate surface area is 191 Å². The Morgan fingerprint density at radius 3 is 2.64 bits per heavy atom. The lowest BCUT2D eigenvalue weighted by Crippen LogP contribution is -2.40. The Morgan fingerprint density at radius 2 is 1.85 bits per heavy atom. The topological polar surface area (TPSA) is 92.1 Å². The third kappa shape index (κ3) is 4.77. The molecule has 7 heteroatoms. The fourth-order valence-corrected chi connectivity index (χ4v) is 4.22. The van der Waals surface area contributed by atoms with E-state index in [0.29, 0.717) is 31.2 Å². The molecule has 1 fully saturated rings. The molecule has 4 aromatic rings. The Morgan fingerprint density at radius 1 is 1.09 bits per heavy atom. The molecule has 0 radical (unpaired) electrons. The van der Waals surface area contributed by atoms with Crippen LogP contribution in [0.4, 0.5) is 0 Å². The van der Waals surface area contributed by atoms with Crippen molar-refractivity contribution in [2.24, 2.45) is 0 Å². The maximum absolute atomic E-state index is 13.2. The van der Waals surface area contributed by atoms with Gasteiger partial charge in [0.15, 0.2) is 5.89 Å². The summed E-state index contributed by atoms with van der Waals surface area (Å²) in [6.07, 6.45) is 4.18. The van der Waals surface area contributed by atoms with Crippen LogP contribution in [0.15, 0.2) is 82.1 Å². The standard InChI is InChI=1S/C26H24N4O3/c31-23-15-22(28-24(29-23)19-10-5-2-6-11-19)26(32)30-13-7-12-20(17-30)25-27-16-21(33-25)14-18-8-3-1-4-9-18/h1-6,8-11,15-16,20H,7,12-14,17H2,(H,28,29,31). The van der Waals surface area contributed by atoms with E-state index in [2.05, 4.69) is 27.1 Å². The third-order valence-electron chi connectivity index (χ3n) is 5.86. The average Bonchev–Trinajstić information content (AvgIpc) is 3.33. The van der Waals surface area contributed by atoms with Crippen molar-refractivity contribution >= 4 is 5.91 Å². The number of hydrogen-bond donors (Lipinski definition) is 1. The van der Waals surface area contributed by atoms with Gasteiger partial charge in [0, 0.05) is 31.1 Å². The molecule has 1 atom stereocenters. The molecule has 1 amide bonds. The molecule has 5 rings (SSSR count). The molecule has 7 nitrogen and oxygen atoms in total. The van der Waals surface area contributed by atoms with Crippen molar-refractivity contribution in [1.82, 2.24) is 19.9 Å². The second kappa shape index (κ2) is 9.24. The van der Waals surface area contributed by atoms with Crippen LogP contribution in [0.1, 0.15) is 46.5 Å². The number of rotatable bonds is 5. The van der Waals surface area contributed by atoms with Crippen molar-refractivity contribution in [3.05, 3.63) is 106 Å². The van der Waals surface area contributed by atoms with Crippen molar-refractivity contribution in [2.75, 3.05) is 13.1 Å². The predicted molar refractivity (Wildman–Crippen MR) is 124 cm³/mol. The highest BCUT2D eigenvalue weighted by Gasteiger charge is 2.29. The van der Waals surface area contributed by atoms with E-state index in [-0.39, 0.29) is 23.1 Å². The van der Waals surface area contributed by atoms with Crippen LogP contribution >= 0.6 is 0 Å². The molecule has 1 aliphatic heterocycles. The van der Waals surface area contributed by atoms with Gasteiger partial charge in [0.1, 0.15) is 17.3 Å². The van der Waals surface area contributed by atoms with E-state index >= 15 is 0 Å². The van der Waals surface area contributed by atoms with Crippen LogP contribution in [0.2, 0.25) is 0 Å². The molecule has 1 unspecified atom stereocenters. The van der Waals surface area contributed by atoms with Crippen LogP contribution in [-0.4, -0.2) is 38.8 Å². The number of nitrogens with zero attached hydrogens (tertiary/aromatic N) is 3. The number of nitrogens with one attached hydrogen (secondary N) is 1. The van der Waals surface area contributed by atoms with Crippen molar-refractivity contribution in [3.8, 4) is 11.4 Å². The summed E-state index contributed by atoms with van der Waals surface area (Å²) >= 11 is 0. The summed E-state index contributed by atoms with van der Waals surface area (Å²) in [7, 11) is 0. The number of hydrogen-bond acceptors (Lipinski definition) is 5. The summed E-state index contributed by atoms with van der Waals surface area (Å²) in [6, 6.07) is 20.7. The van der Waals surface area contributed by atoms with E-state index in [1.807, 2.05) is 48.5 Å². The molecule has 2 aromatic heterocycles. The zero-order valence-electron chi connectivity index (χ0n) is 18.1. The van der Waals surface area contributed by atoms with Gasteiger partial charge in [0.2, 0.25) is 0 Å². The minimum atomic E-state index is -0.348. The smallest absolute Gasteiger partial charge is 0.272 e. The minimum Gasteiger partial charge on any atom is -0.445 e. The van der Waals surface area contributed by atoms with Gasteiger partial charge in [0.25, 0.3) is 11.5 Å². The minimum absolute atomic E-state index is 0.0165. The van der Waals surface area contributed by atoms with Crippen molar-refractivity contribution in [3.63, 3.8) is 0 Å². The van der Waals surface area contributed by atoms with E-state index < -0.39 is 0 Å². The lowest BCUT2D eigenvalue weighted by molar-refractivity contribution is 0.0691. The first-order chi connectivity index (χ1) is 16.2. The van der Waals surface area contributed by atoms with E-state index in [1.54, 1.807) is 11.1 Å². The van der Waals surface area contributed by atoms with Gasteiger partial charge in [-0.2, -0.15) is 0 Å². The maximum atomic E-state index is 13.2. The van der Waals surface area contributed by atoms with Crippen molar-refractivity contribution in [1.29, 1.82) is 0 Å². The number of benzene rings is 2. The molecule has 1 saturated heterocycles. The Hall–Kier alpha value is -4.00. The van der Waals surface area contributed by atoms with Crippen LogP contribution in [0.25, 0.3) is 11.4 Å². The summed E-state index contributed by atoms with van der Waals surface area (Å²) in [5, 5.41) is 0. The highest BCUT2D eigenvalue weighted by Crippen LogP contribution is 2.28. The maximum Gasteiger partial charge on any atom is 0.272 e. The largest absolute Gasteiger partial charge is 0.445 e. The van der Waals surface area contributed by atoms with Crippen LogP contribution in [0, 0.1) is 0 Å². The Kier molecular flexibility index (Phi) is 5.85. The van der Waals surface area contributed by atoms with Gasteiger partial charge in [0.05, 0.1) is 12.1 Å². The first-order valence-corrected chi connectivity index (χ1v) is 11.1. The zero-order valence-corrected chi connectivity index (χ0v) is 18.1. The molecule has 3 heterocycles. The molecule has 0 aliphatic carbocycles. The van der Waals surface area contributed by atoms with Crippen LogP contribution in [-0.2, 0) is 6.42 Å². The van der Waals surface area contributed by atoms with E-state index in [4.69, 9.17) is 4.42 Å². The van der Waals surface area contributed by atoms with Gasteiger partial charge in [-0.05, 0) is 18.4 Å². The highest BCUT2D eigenvalue weighted by molar-refractivity contribution is 5.92. The summed E-state index contributed by atoms with van der Waals surface area (Å²) in [5.74, 6) is 1.62. The zero-order chi connectivity index (χ0) is 22.6. The fraction of sp³-hybridized carbons (Fsp3) is 0.231. The predicted octanol–water partition coefficient (Wildman–Crippen LogP) is 4.04. The summed E-state index contributed by atoms with van der Waals surface area (Å²) in [5.41, 5.74) is 1.72. The molecular weight excluding hydrogens is 416 g/mol. The first-order valence-electron chi connectivity index (χ1n) is 11.1. The van der Waals surface area contributed by atoms with Gasteiger partial charge < -0.3 is 14.3 Å². The SMILES string of the molecule is O=C(c1cc(=O)[nH]c(-c2ccccc2)n1)N1CCCC(c2ncc(Cc3ccccc3)o2)C1. The number of piperidine rings is 1. The van der Waals surface area contributed by atoms with Gasteiger partial charge in [-0.3, -0.25) is 9.59 Å². The van der Waals surface area contributed by atoms with Gasteiger partial charge in [-0.1, -0.05) is 60.7 Å². The molecule has 166 valence electrons. The Balaban J connectivity index is 1.32. The van der Waals surface area contributed by atoms with Gasteiger partial charge in [-0.15, -0.1) is 0 Å². The van der Waals surface area contributed by atoms with E-state index in [1.165, 1.54) is 6.07 Å². The number of amides is 1. The quantitative estimate of drug-likeness (QED) is 0.506. The molecular formula is C26H24N4O3. The number of carbonyl (C=O) groups excluding carboxylic acids is 1. The molecule has 0 saturated carbocycles. The highest BCUT2D eigenvalue weighted by atomic mass is 16.4. The van der Waals surface area contributed by atoms with Crippen LogP contribution in [0.3, 0.4) is 0 Å². The first kappa shape index (κ1) is 20.9. The molecule has 0 spiro atoms. The molecule has 33 heavy (non-hydrogen) atoms. The number of oxazole rings is 1. The van der Waals surface area contributed by atoms with Crippen molar-refractivity contribution < 1.29 is 9.21 Å². The normalized spacial score (nSPS) is 16.0. The van der Waals surface area contributed by atoms with Crippen LogP contribution < -0.4 is 5.56 Å². The molecule has 1 N–H and O–H groups in total. The number of carbonyl (C=O) groups is 1. The molecule has 1 aliphatic rings. The van der Waals surface area contributed by atoms with Crippen molar-refractivity contribution in [2.45, 2.75) is 25.2 Å². The second-order valence-corrected chi connectivity index (χ2v) is 8.26. The lowest BCUT2D eigenvalue weighted by atomic mass is 9.97. The summed E-state index contributed by atoms with van der Waals surface area (Å²) < 4.78 is 6.04. The lowest BCUT2D eigenvalue weighted by Gasteiger charge is -2.31. The number of aromatic amines is 1. The van der Waals surface area contributed by atoms with Gasteiger partial charge in [-0.25, -0.2) is 9.97 Å². The monoisotopic (exact) mass is 440 g/mol. The second-order valence-electron chi connectivity index (χ2n) is 8.26. The third-order valence-corrected chi connectivity index (χ3v) is 5.86. The number of likely N-dealkylation sites (tertiary alicyclic amines) is 1. The summed E-state index contributed by atoms with van der Waals surface area (Å²) in [4.78, 5) is 38.8. The molecule has 2 aromatic carbocycles. The number of H-pyrrole nitrogens is 1. The van der Waals surface area contributed by atoms with E-state index in [9.17, 15) is 9.59 Å². The van der Waals surface area contributed by atoms with Gasteiger partial charge >= 0.3 is 0 Å². The Bertz CT molecular complexity index is 1300. The molecule has 0 bridgehead atoms. The van der Waals surface area contributed by atoms with E-state index in [0.717, 1.165) is 29.7 Å².